The molecule has 0 saturated carbocycles. The number of esters is 1. The Morgan fingerprint density at radius 3 is 2.59 bits per heavy atom. The molecule has 0 saturated heterocycles. The Bertz CT molecular complexity index is 528. The Hall–Kier alpha value is -2.23. The van der Waals surface area contributed by atoms with Gasteiger partial charge in [0.1, 0.15) is 5.75 Å². The molecule has 4 nitrogen and oxygen atoms in total. The minimum atomic E-state index is -0.504. The third-order valence-corrected chi connectivity index (χ3v) is 2.43. The lowest BCUT2D eigenvalue weighted by Crippen LogP contribution is -2.01. The summed E-state index contributed by atoms with van der Waals surface area (Å²) in [5.74, 6) is 0.354. The lowest BCUT2D eigenvalue weighted by molar-refractivity contribution is 0.0566. The highest BCUT2D eigenvalue weighted by Gasteiger charge is 2.19. The van der Waals surface area contributed by atoms with E-state index in [1.54, 1.807) is 13.2 Å². The van der Waals surface area contributed by atoms with E-state index in [0.717, 1.165) is 5.56 Å². The largest absolute Gasteiger partial charge is 0.496 e. The average Bonchev–Trinajstić information content (AvgIpc) is 2.86. The Morgan fingerprint density at radius 2 is 1.88 bits per heavy atom. The Kier molecular flexibility index (Phi) is 3.14. The third-order valence-electron chi connectivity index (χ3n) is 2.43. The SMILES string of the molecule is COC(=O)c1occc1-c1ccccc1OC. The van der Waals surface area contributed by atoms with Gasteiger partial charge in [0, 0.05) is 11.1 Å². The standard InChI is InChI=1S/C13H12O4/c1-15-11-6-4-3-5-9(11)10-7-8-17-12(10)13(14)16-2/h3-8H,1-2H3. The summed E-state index contributed by atoms with van der Waals surface area (Å²) in [6, 6.07) is 9.12. The first-order valence-corrected chi connectivity index (χ1v) is 5.07. The van der Waals surface area contributed by atoms with Gasteiger partial charge in [-0.05, 0) is 12.1 Å². The van der Waals surface area contributed by atoms with Crippen LogP contribution in [0.4, 0.5) is 0 Å². The summed E-state index contributed by atoms with van der Waals surface area (Å²) < 4.78 is 15.0. The summed E-state index contributed by atoms with van der Waals surface area (Å²) >= 11 is 0. The molecule has 17 heavy (non-hydrogen) atoms. The first-order chi connectivity index (χ1) is 8.27. The number of methoxy groups -OCH3 is 2. The van der Waals surface area contributed by atoms with Crippen molar-refractivity contribution in [3.05, 3.63) is 42.4 Å². The molecule has 0 amide bonds. The minimum Gasteiger partial charge on any atom is -0.496 e. The second kappa shape index (κ2) is 4.74. The average molecular weight is 232 g/mol. The predicted molar refractivity (Wildman–Crippen MR) is 62.0 cm³/mol. The number of rotatable bonds is 3. The van der Waals surface area contributed by atoms with E-state index in [1.165, 1.54) is 13.4 Å². The molecule has 0 spiro atoms. The Labute approximate surface area is 98.8 Å². The lowest BCUT2D eigenvalue weighted by atomic mass is 10.1. The van der Waals surface area contributed by atoms with Gasteiger partial charge in [0.25, 0.3) is 0 Å². The number of furan rings is 1. The van der Waals surface area contributed by atoms with E-state index in [2.05, 4.69) is 4.74 Å². The topological polar surface area (TPSA) is 48.7 Å². The maximum atomic E-state index is 11.5. The zero-order valence-corrected chi connectivity index (χ0v) is 9.60. The first-order valence-electron chi connectivity index (χ1n) is 5.07. The van der Waals surface area contributed by atoms with Gasteiger partial charge >= 0.3 is 5.97 Å². The molecule has 0 unspecified atom stereocenters. The number of hydrogen-bond donors (Lipinski definition) is 0. The number of hydrogen-bond acceptors (Lipinski definition) is 4. The zero-order chi connectivity index (χ0) is 12.3. The molecule has 2 rings (SSSR count). The number of carbonyl (C=O) groups is 1. The number of para-hydroxylation sites is 1. The normalized spacial score (nSPS) is 10.0. The fourth-order valence-electron chi connectivity index (χ4n) is 1.64. The molecule has 2 aromatic rings. The highest BCUT2D eigenvalue weighted by atomic mass is 16.5. The maximum Gasteiger partial charge on any atom is 0.374 e. The second-order valence-electron chi connectivity index (χ2n) is 3.36. The van der Waals surface area contributed by atoms with E-state index in [4.69, 9.17) is 9.15 Å². The van der Waals surface area contributed by atoms with Gasteiger partial charge in [-0.3, -0.25) is 0 Å². The molecule has 88 valence electrons. The van der Waals surface area contributed by atoms with Crippen molar-refractivity contribution >= 4 is 5.97 Å². The van der Waals surface area contributed by atoms with Crippen molar-refractivity contribution < 1.29 is 18.7 Å². The lowest BCUT2D eigenvalue weighted by Gasteiger charge is -2.07. The molecule has 0 N–H and O–H groups in total. The van der Waals surface area contributed by atoms with Crippen molar-refractivity contribution in [3.63, 3.8) is 0 Å². The van der Waals surface area contributed by atoms with Gasteiger partial charge in [-0.2, -0.15) is 0 Å². The van der Waals surface area contributed by atoms with E-state index in [0.29, 0.717) is 11.3 Å². The maximum absolute atomic E-state index is 11.5. The monoisotopic (exact) mass is 232 g/mol. The van der Waals surface area contributed by atoms with Gasteiger partial charge in [-0.25, -0.2) is 4.79 Å². The van der Waals surface area contributed by atoms with Crippen molar-refractivity contribution in [1.82, 2.24) is 0 Å². The van der Waals surface area contributed by atoms with E-state index < -0.39 is 5.97 Å². The molecule has 1 aromatic carbocycles. The summed E-state index contributed by atoms with van der Waals surface area (Å²) in [6.45, 7) is 0. The number of benzene rings is 1. The molecule has 0 radical (unpaired) electrons. The van der Waals surface area contributed by atoms with Crippen molar-refractivity contribution in [2.45, 2.75) is 0 Å². The summed E-state index contributed by atoms with van der Waals surface area (Å²) in [7, 11) is 2.90. The van der Waals surface area contributed by atoms with Crippen molar-refractivity contribution in [1.29, 1.82) is 0 Å². The molecule has 0 atom stereocenters. The van der Waals surface area contributed by atoms with E-state index in [9.17, 15) is 4.79 Å². The molecule has 0 bridgehead atoms. The number of ether oxygens (including phenoxy) is 2. The van der Waals surface area contributed by atoms with Gasteiger partial charge in [-0.15, -0.1) is 0 Å². The third kappa shape index (κ3) is 2.01. The second-order valence-corrected chi connectivity index (χ2v) is 3.36. The van der Waals surface area contributed by atoms with Gasteiger partial charge in [0.15, 0.2) is 0 Å². The van der Waals surface area contributed by atoms with Crippen LogP contribution >= 0.6 is 0 Å². The molecule has 1 heterocycles. The van der Waals surface area contributed by atoms with Crippen LogP contribution in [0.1, 0.15) is 10.6 Å². The van der Waals surface area contributed by atoms with Gasteiger partial charge in [0.05, 0.1) is 20.5 Å². The fraction of sp³-hybridized carbons (Fsp3) is 0.154. The summed E-state index contributed by atoms with van der Waals surface area (Å²) in [4.78, 5) is 11.5. The molecule has 4 heteroatoms. The molecule has 0 aliphatic rings. The molecular weight excluding hydrogens is 220 g/mol. The highest BCUT2D eigenvalue weighted by molar-refractivity contribution is 5.95. The van der Waals surface area contributed by atoms with Gasteiger partial charge in [-0.1, -0.05) is 18.2 Å². The minimum absolute atomic E-state index is 0.178. The van der Waals surface area contributed by atoms with Crippen molar-refractivity contribution in [2.24, 2.45) is 0 Å². The van der Waals surface area contributed by atoms with Crippen LogP contribution in [0.15, 0.2) is 41.0 Å². The molecule has 0 aliphatic carbocycles. The van der Waals surface area contributed by atoms with Gasteiger partial charge < -0.3 is 13.9 Å². The van der Waals surface area contributed by atoms with Crippen LogP contribution in [0.2, 0.25) is 0 Å². The van der Waals surface area contributed by atoms with E-state index >= 15 is 0 Å². The molecular formula is C13H12O4. The molecule has 0 fully saturated rings. The Morgan fingerprint density at radius 1 is 1.12 bits per heavy atom. The predicted octanol–water partition coefficient (Wildman–Crippen LogP) is 2.74. The zero-order valence-electron chi connectivity index (χ0n) is 9.60. The van der Waals surface area contributed by atoms with Crippen molar-refractivity contribution in [2.75, 3.05) is 14.2 Å². The van der Waals surface area contributed by atoms with Gasteiger partial charge in [0.2, 0.25) is 5.76 Å². The van der Waals surface area contributed by atoms with Crippen LogP contribution in [-0.4, -0.2) is 20.2 Å². The molecule has 0 aliphatic heterocycles. The quantitative estimate of drug-likeness (QED) is 0.763. The van der Waals surface area contributed by atoms with Crippen LogP contribution in [0.25, 0.3) is 11.1 Å². The summed E-state index contributed by atoms with van der Waals surface area (Å²) in [5.41, 5.74) is 1.46. The van der Waals surface area contributed by atoms with E-state index in [1.807, 2.05) is 24.3 Å². The summed E-state index contributed by atoms with van der Waals surface area (Å²) in [6.07, 6.45) is 1.45. The number of carbonyl (C=O) groups excluding carboxylic acids is 1. The van der Waals surface area contributed by atoms with Crippen LogP contribution in [0, 0.1) is 0 Å². The first kappa shape index (κ1) is 11.3. The van der Waals surface area contributed by atoms with Crippen LogP contribution in [0.3, 0.4) is 0 Å². The van der Waals surface area contributed by atoms with Crippen LogP contribution < -0.4 is 4.74 Å². The fourth-order valence-corrected chi connectivity index (χ4v) is 1.64. The highest BCUT2D eigenvalue weighted by Crippen LogP contribution is 2.32. The van der Waals surface area contributed by atoms with Crippen molar-refractivity contribution in [3.8, 4) is 16.9 Å². The summed E-state index contributed by atoms with van der Waals surface area (Å²) in [5, 5.41) is 0. The Balaban J connectivity index is 2.53. The molecule has 1 aromatic heterocycles. The van der Waals surface area contributed by atoms with Crippen LogP contribution in [-0.2, 0) is 4.74 Å². The smallest absolute Gasteiger partial charge is 0.374 e. The van der Waals surface area contributed by atoms with E-state index in [-0.39, 0.29) is 5.76 Å². The van der Waals surface area contributed by atoms with Crippen LogP contribution in [0.5, 0.6) is 5.75 Å².